The zero-order valence-electron chi connectivity index (χ0n) is 8.61. The van der Waals surface area contributed by atoms with E-state index in [2.05, 4.69) is 14.7 Å². The summed E-state index contributed by atoms with van der Waals surface area (Å²) in [5.41, 5.74) is 1.10. The van der Waals surface area contributed by atoms with Crippen molar-refractivity contribution >= 4 is 34.9 Å². The molecule has 1 aromatic heterocycles. The van der Waals surface area contributed by atoms with Gasteiger partial charge in [0.25, 0.3) is 0 Å². The van der Waals surface area contributed by atoms with E-state index in [4.69, 9.17) is 11.6 Å². The third kappa shape index (κ3) is 2.95. The van der Waals surface area contributed by atoms with Gasteiger partial charge in [0.15, 0.2) is 4.34 Å². The summed E-state index contributed by atoms with van der Waals surface area (Å²) in [7, 11) is 1.90. The quantitative estimate of drug-likeness (QED) is 0.928. The molecule has 1 aromatic carbocycles. The van der Waals surface area contributed by atoms with Gasteiger partial charge in [-0.25, -0.2) is 4.98 Å². The van der Waals surface area contributed by atoms with Crippen LogP contribution in [0, 0.1) is 0 Å². The maximum atomic E-state index is 6.16. The molecule has 2 rings (SSSR count). The summed E-state index contributed by atoms with van der Waals surface area (Å²) >= 11 is 9.12. The first kappa shape index (κ1) is 11.9. The number of halogens is 1. The molecule has 6 heteroatoms. The molecule has 0 aliphatic carbocycles. The van der Waals surface area contributed by atoms with E-state index < -0.39 is 0 Å². The third-order valence-corrected chi connectivity index (χ3v) is 3.99. The highest BCUT2D eigenvalue weighted by molar-refractivity contribution is 8.01. The van der Waals surface area contributed by atoms with E-state index in [9.17, 15) is 0 Å². The van der Waals surface area contributed by atoms with E-state index in [0.717, 1.165) is 26.4 Å². The second kappa shape index (κ2) is 5.63. The van der Waals surface area contributed by atoms with E-state index in [1.54, 1.807) is 18.1 Å². The van der Waals surface area contributed by atoms with Crippen molar-refractivity contribution in [3.63, 3.8) is 0 Å². The van der Waals surface area contributed by atoms with Crippen LogP contribution >= 0.6 is 34.9 Å². The number of nitrogens with one attached hydrogen (secondary N) is 1. The van der Waals surface area contributed by atoms with Crippen molar-refractivity contribution < 1.29 is 0 Å². The third-order valence-electron chi connectivity index (χ3n) is 1.94. The first-order valence-corrected chi connectivity index (χ1v) is 6.64. The fourth-order valence-electron chi connectivity index (χ4n) is 1.23. The van der Waals surface area contributed by atoms with Crippen LogP contribution in [0.4, 0.5) is 0 Å². The van der Waals surface area contributed by atoms with Crippen molar-refractivity contribution in [2.75, 3.05) is 7.05 Å². The van der Waals surface area contributed by atoms with Crippen LogP contribution in [-0.4, -0.2) is 16.4 Å². The van der Waals surface area contributed by atoms with Gasteiger partial charge in [-0.1, -0.05) is 29.4 Å². The van der Waals surface area contributed by atoms with Gasteiger partial charge in [0.2, 0.25) is 0 Å². The van der Waals surface area contributed by atoms with Crippen LogP contribution < -0.4 is 5.32 Å². The molecule has 0 unspecified atom stereocenters. The summed E-state index contributed by atoms with van der Waals surface area (Å²) in [6.45, 7) is 0.780. The number of hydrogen-bond donors (Lipinski definition) is 1. The van der Waals surface area contributed by atoms with Gasteiger partial charge in [-0.2, -0.15) is 4.37 Å². The number of nitrogens with zero attached hydrogens (tertiary/aromatic N) is 2. The minimum absolute atomic E-state index is 0.780. The van der Waals surface area contributed by atoms with Crippen molar-refractivity contribution in [2.45, 2.75) is 15.8 Å². The topological polar surface area (TPSA) is 37.8 Å². The molecule has 16 heavy (non-hydrogen) atoms. The summed E-state index contributed by atoms with van der Waals surface area (Å²) < 4.78 is 4.88. The predicted molar refractivity (Wildman–Crippen MR) is 68.2 cm³/mol. The highest BCUT2D eigenvalue weighted by atomic mass is 35.5. The first-order chi connectivity index (χ1) is 7.79. The molecule has 0 bridgehead atoms. The van der Waals surface area contributed by atoms with Gasteiger partial charge in [-0.3, -0.25) is 0 Å². The molecule has 0 aliphatic heterocycles. The molecule has 0 aliphatic rings. The van der Waals surface area contributed by atoms with Gasteiger partial charge in [0, 0.05) is 16.5 Å². The fourth-order valence-corrected chi connectivity index (χ4v) is 3.01. The molecule has 3 nitrogen and oxygen atoms in total. The molecule has 0 saturated heterocycles. The van der Waals surface area contributed by atoms with Crippen LogP contribution in [0.2, 0.25) is 5.02 Å². The minimum Gasteiger partial charge on any atom is -0.316 e. The van der Waals surface area contributed by atoms with Crippen LogP contribution in [0.15, 0.2) is 33.8 Å². The van der Waals surface area contributed by atoms with Crippen molar-refractivity contribution in [3.05, 3.63) is 35.1 Å². The average Bonchev–Trinajstić information content (AvgIpc) is 2.75. The maximum Gasteiger partial charge on any atom is 0.174 e. The molecular weight excluding hydrogens is 262 g/mol. The van der Waals surface area contributed by atoms with Crippen molar-refractivity contribution in [1.82, 2.24) is 14.7 Å². The Balaban J connectivity index is 2.15. The fraction of sp³-hybridized carbons (Fsp3) is 0.200. The highest BCUT2D eigenvalue weighted by Crippen LogP contribution is 2.31. The first-order valence-electron chi connectivity index (χ1n) is 4.67. The lowest BCUT2D eigenvalue weighted by Crippen LogP contribution is -2.05. The van der Waals surface area contributed by atoms with Crippen molar-refractivity contribution in [3.8, 4) is 0 Å². The Morgan fingerprint density at radius 3 is 3.00 bits per heavy atom. The molecular formula is C10H10ClN3S2. The van der Waals surface area contributed by atoms with Gasteiger partial charge < -0.3 is 5.32 Å². The number of hydrogen-bond acceptors (Lipinski definition) is 5. The van der Waals surface area contributed by atoms with Gasteiger partial charge in [-0.15, -0.1) is 0 Å². The minimum atomic E-state index is 0.780. The number of benzene rings is 1. The number of aromatic nitrogens is 2. The van der Waals surface area contributed by atoms with Gasteiger partial charge >= 0.3 is 0 Å². The standard InChI is InChI=1S/C10H10ClN3S2/c1-12-5-7-2-3-8(4-9(7)11)15-10-13-6-14-16-10/h2-4,6,12H,5H2,1H3. The molecule has 1 heterocycles. The van der Waals surface area contributed by atoms with Gasteiger partial charge in [0.05, 0.1) is 0 Å². The SMILES string of the molecule is CNCc1ccc(Sc2ncns2)cc1Cl. The average molecular weight is 272 g/mol. The molecule has 0 amide bonds. The molecule has 2 aromatic rings. The van der Waals surface area contributed by atoms with E-state index in [0.29, 0.717) is 0 Å². The monoisotopic (exact) mass is 271 g/mol. The lowest BCUT2D eigenvalue weighted by atomic mass is 10.2. The van der Waals surface area contributed by atoms with Crippen LogP contribution in [0.3, 0.4) is 0 Å². The van der Waals surface area contributed by atoms with Gasteiger partial charge in [-0.05, 0) is 36.3 Å². The zero-order valence-corrected chi connectivity index (χ0v) is 11.0. The molecule has 0 radical (unpaired) electrons. The number of rotatable bonds is 4. The smallest absolute Gasteiger partial charge is 0.174 e. The van der Waals surface area contributed by atoms with Crippen molar-refractivity contribution in [1.29, 1.82) is 0 Å². The molecule has 0 fully saturated rings. The summed E-state index contributed by atoms with van der Waals surface area (Å²) in [6.07, 6.45) is 1.56. The Labute approximate surface area is 107 Å². The second-order valence-electron chi connectivity index (χ2n) is 3.09. The van der Waals surface area contributed by atoms with Crippen LogP contribution in [0.25, 0.3) is 0 Å². The van der Waals surface area contributed by atoms with Crippen LogP contribution in [0.5, 0.6) is 0 Å². The van der Waals surface area contributed by atoms with Gasteiger partial charge in [0.1, 0.15) is 6.33 Å². The van der Waals surface area contributed by atoms with Crippen LogP contribution in [0.1, 0.15) is 5.56 Å². The Bertz CT molecular complexity index is 459. The normalized spacial score (nSPS) is 10.6. The van der Waals surface area contributed by atoms with E-state index in [1.807, 2.05) is 25.2 Å². The maximum absolute atomic E-state index is 6.16. The molecule has 0 spiro atoms. The van der Waals surface area contributed by atoms with E-state index in [-0.39, 0.29) is 0 Å². The Kier molecular flexibility index (Phi) is 4.17. The largest absolute Gasteiger partial charge is 0.316 e. The lowest BCUT2D eigenvalue weighted by Gasteiger charge is -2.05. The predicted octanol–water partition coefficient (Wildman–Crippen LogP) is 3.06. The van der Waals surface area contributed by atoms with E-state index >= 15 is 0 Å². The molecule has 1 N–H and O–H groups in total. The van der Waals surface area contributed by atoms with E-state index in [1.165, 1.54) is 11.5 Å². The van der Waals surface area contributed by atoms with Crippen LogP contribution in [-0.2, 0) is 6.54 Å². The summed E-state index contributed by atoms with van der Waals surface area (Å²) in [4.78, 5) is 5.20. The van der Waals surface area contributed by atoms with Crippen molar-refractivity contribution in [2.24, 2.45) is 0 Å². The summed E-state index contributed by atoms with van der Waals surface area (Å²) in [6, 6.07) is 6.03. The Hall–Kier alpha value is -0.620. The molecule has 84 valence electrons. The summed E-state index contributed by atoms with van der Waals surface area (Å²) in [5, 5.41) is 3.86. The Morgan fingerprint density at radius 1 is 1.50 bits per heavy atom. The zero-order chi connectivity index (χ0) is 11.4. The highest BCUT2D eigenvalue weighted by Gasteiger charge is 2.04. The summed E-state index contributed by atoms with van der Waals surface area (Å²) in [5.74, 6) is 0. The molecule has 0 atom stereocenters. The molecule has 0 saturated carbocycles. The lowest BCUT2D eigenvalue weighted by molar-refractivity contribution is 0.817. The Morgan fingerprint density at radius 2 is 2.38 bits per heavy atom. The second-order valence-corrected chi connectivity index (χ2v) is 5.60.